The number of rotatable bonds is 8. The van der Waals surface area contributed by atoms with Crippen LogP contribution in [0.4, 0.5) is 5.69 Å². The number of likely N-dealkylation sites (N-methyl/N-ethyl adjacent to an activating group) is 1. The Bertz CT molecular complexity index is 1400. The summed E-state index contributed by atoms with van der Waals surface area (Å²) < 4.78 is 66.4. The summed E-state index contributed by atoms with van der Waals surface area (Å²) in [6.07, 6.45) is 2.42. The van der Waals surface area contributed by atoms with Crippen molar-refractivity contribution in [2.45, 2.75) is 63.2 Å². The maximum absolute atomic E-state index is 14.1. The normalized spacial score (nSPS) is 22.1. The van der Waals surface area contributed by atoms with Crippen molar-refractivity contribution in [3.8, 4) is 5.75 Å². The van der Waals surface area contributed by atoms with E-state index in [1.807, 2.05) is 13.8 Å². The first-order chi connectivity index (χ1) is 19.7. The molecule has 4 atom stereocenters. The number of aliphatic hydroxyl groups is 1. The number of amides is 1. The van der Waals surface area contributed by atoms with E-state index in [0.717, 1.165) is 19.1 Å². The number of sulfonamides is 2. The molecule has 0 saturated carbocycles. The molecule has 3 rings (SSSR count). The van der Waals surface area contributed by atoms with Gasteiger partial charge in [-0.15, -0.1) is 0 Å². The predicted molar refractivity (Wildman–Crippen MR) is 162 cm³/mol. The van der Waals surface area contributed by atoms with Gasteiger partial charge in [0, 0.05) is 38.3 Å². The van der Waals surface area contributed by atoms with Crippen LogP contribution in [0.3, 0.4) is 0 Å². The summed E-state index contributed by atoms with van der Waals surface area (Å²) in [6.45, 7) is 5.77. The first-order valence-electron chi connectivity index (χ1n) is 14.1. The Labute approximate surface area is 249 Å². The molecule has 1 heterocycles. The Kier molecular flexibility index (Phi) is 11.8. The maximum atomic E-state index is 14.1. The molecule has 0 bridgehead atoms. The lowest BCUT2D eigenvalue weighted by Crippen LogP contribution is -2.48. The number of anilines is 1. The largest absolute Gasteiger partial charge is 0.490 e. The number of hydrogen-bond acceptors (Lipinski definition) is 8. The fraction of sp³-hybridized carbons (Fsp3) is 0.552. The number of ether oxygens (including phenoxy) is 2. The highest BCUT2D eigenvalue weighted by molar-refractivity contribution is 7.92. The fourth-order valence-corrected chi connectivity index (χ4v) is 6.55. The monoisotopic (exact) mass is 625 g/mol. The SMILES string of the molecule is C[C@H]1CCCCO[C@H](CN(C)S(=O)(=O)c2ccccc2)[C@@H](C)CN([C@@H](C)CO)C(=O)c2cc(NS(C)(=O)=O)ccc2O1. The molecule has 42 heavy (non-hydrogen) atoms. The second kappa shape index (κ2) is 14.6. The smallest absolute Gasteiger partial charge is 0.258 e. The third-order valence-corrected chi connectivity index (χ3v) is 9.69. The van der Waals surface area contributed by atoms with E-state index in [4.69, 9.17) is 9.47 Å². The second-order valence-corrected chi connectivity index (χ2v) is 14.8. The molecule has 2 N–H and O–H groups in total. The van der Waals surface area contributed by atoms with Crippen LogP contribution < -0.4 is 9.46 Å². The van der Waals surface area contributed by atoms with E-state index in [0.29, 0.717) is 18.8 Å². The molecule has 0 spiro atoms. The van der Waals surface area contributed by atoms with Gasteiger partial charge in [0.25, 0.3) is 5.91 Å². The highest BCUT2D eigenvalue weighted by atomic mass is 32.2. The van der Waals surface area contributed by atoms with Gasteiger partial charge >= 0.3 is 0 Å². The van der Waals surface area contributed by atoms with Crippen molar-refractivity contribution >= 4 is 31.6 Å². The first-order valence-corrected chi connectivity index (χ1v) is 17.4. The zero-order valence-electron chi connectivity index (χ0n) is 24.9. The highest BCUT2D eigenvalue weighted by Crippen LogP contribution is 2.29. The van der Waals surface area contributed by atoms with E-state index in [1.54, 1.807) is 49.4 Å². The first kappa shape index (κ1) is 33.8. The summed E-state index contributed by atoms with van der Waals surface area (Å²) >= 11 is 0. The van der Waals surface area contributed by atoms with Crippen molar-refractivity contribution in [1.29, 1.82) is 0 Å². The fourth-order valence-electron chi connectivity index (χ4n) is 4.79. The molecule has 0 radical (unpaired) electrons. The van der Waals surface area contributed by atoms with Crippen LogP contribution in [0.15, 0.2) is 53.4 Å². The lowest BCUT2D eigenvalue weighted by Gasteiger charge is -2.35. The Morgan fingerprint density at radius 3 is 2.43 bits per heavy atom. The predicted octanol–water partition coefficient (Wildman–Crippen LogP) is 3.17. The third kappa shape index (κ3) is 9.14. The third-order valence-electron chi connectivity index (χ3n) is 7.24. The van der Waals surface area contributed by atoms with Gasteiger partial charge in [0.1, 0.15) is 5.75 Å². The van der Waals surface area contributed by atoms with Crippen LogP contribution in [0.25, 0.3) is 0 Å². The minimum Gasteiger partial charge on any atom is -0.490 e. The summed E-state index contributed by atoms with van der Waals surface area (Å²) in [7, 11) is -5.87. The summed E-state index contributed by atoms with van der Waals surface area (Å²) in [6, 6.07) is 12.1. The highest BCUT2D eigenvalue weighted by Gasteiger charge is 2.32. The quantitative estimate of drug-likeness (QED) is 0.456. The average Bonchev–Trinajstić information content (AvgIpc) is 2.94. The van der Waals surface area contributed by atoms with Gasteiger partial charge in [0.15, 0.2) is 0 Å². The van der Waals surface area contributed by atoms with E-state index in [9.17, 15) is 26.7 Å². The molecule has 0 aliphatic carbocycles. The van der Waals surface area contributed by atoms with Crippen LogP contribution in [-0.4, -0.2) is 94.9 Å². The number of nitrogens with one attached hydrogen (secondary N) is 1. The van der Waals surface area contributed by atoms with Crippen molar-refractivity contribution < 1.29 is 36.2 Å². The van der Waals surface area contributed by atoms with Crippen LogP contribution in [0, 0.1) is 5.92 Å². The van der Waals surface area contributed by atoms with Gasteiger partial charge in [0.05, 0.1) is 41.6 Å². The summed E-state index contributed by atoms with van der Waals surface area (Å²) in [5, 5.41) is 10.1. The van der Waals surface area contributed by atoms with Crippen molar-refractivity contribution in [3.05, 3.63) is 54.1 Å². The number of carbonyl (C=O) groups is 1. The lowest BCUT2D eigenvalue weighted by molar-refractivity contribution is -0.00833. The topological polar surface area (TPSA) is 143 Å². The zero-order chi connectivity index (χ0) is 31.1. The number of nitrogens with zero attached hydrogens (tertiary/aromatic N) is 2. The van der Waals surface area contributed by atoms with E-state index in [1.165, 1.54) is 22.3 Å². The minimum absolute atomic E-state index is 0.0620. The van der Waals surface area contributed by atoms with Crippen LogP contribution in [-0.2, 0) is 24.8 Å². The van der Waals surface area contributed by atoms with E-state index in [2.05, 4.69) is 4.72 Å². The van der Waals surface area contributed by atoms with Crippen molar-refractivity contribution in [3.63, 3.8) is 0 Å². The molecule has 2 aromatic rings. The van der Waals surface area contributed by atoms with E-state index < -0.39 is 38.1 Å². The van der Waals surface area contributed by atoms with Crippen molar-refractivity contribution in [2.24, 2.45) is 5.92 Å². The molecule has 1 aliphatic rings. The van der Waals surface area contributed by atoms with Gasteiger partial charge < -0.3 is 19.5 Å². The molecule has 234 valence electrons. The molecule has 2 aromatic carbocycles. The van der Waals surface area contributed by atoms with Gasteiger partial charge in [-0.1, -0.05) is 25.1 Å². The van der Waals surface area contributed by atoms with Crippen LogP contribution >= 0.6 is 0 Å². The van der Waals surface area contributed by atoms with Gasteiger partial charge in [0.2, 0.25) is 20.0 Å². The second-order valence-electron chi connectivity index (χ2n) is 11.0. The molecular weight excluding hydrogens is 582 g/mol. The Morgan fingerprint density at radius 2 is 1.79 bits per heavy atom. The van der Waals surface area contributed by atoms with Crippen molar-refractivity contribution in [2.75, 3.05) is 44.3 Å². The molecule has 11 nitrogen and oxygen atoms in total. The zero-order valence-corrected chi connectivity index (χ0v) is 26.5. The molecule has 13 heteroatoms. The minimum atomic E-state index is -3.77. The summed E-state index contributed by atoms with van der Waals surface area (Å²) in [4.78, 5) is 15.7. The number of hydrogen-bond donors (Lipinski definition) is 2. The molecule has 0 aromatic heterocycles. The summed E-state index contributed by atoms with van der Waals surface area (Å²) in [5.74, 6) is -0.475. The number of fused-ring (bicyclic) bond motifs is 1. The Balaban J connectivity index is 1.98. The van der Waals surface area contributed by atoms with Gasteiger partial charge in [-0.2, -0.15) is 4.31 Å². The average molecular weight is 626 g/mol. The Morgan fingerprint density at radius 1 is 1.10 bits per heavy atom. The lowest BCUT2D eigenvalue weighted by atomic mass is 10.0. The van der Waals surface area contributed by atoms with E-state index in [-0.39, 0.29) is 47.9 Å². The molecule has 0 unspecified atom stereocenters. The summed E-state index contributed by atoms with van der Waals surface area (Å²) in [5.41, 5.74) is 0.363. The van der Waals surface area contributed by atoms with E-state index >= 15 is 0 Å². The Hall–Kier alpha value is -2.71. The molecule has 0 saturated heterocycles. The van der Waals surface area contributed by atoms with Crippen LogP contribution in [0.2, 0.25) is 0 Å². The number of aliphatic hydroxyl groups excluding tert-OH is 1. The van der Waals surface area contributed by atoms with Gasteiger partial charge in [-0.25, -0.2) is 16.8 Å². The molecule has 1 aliphatic heterocycles. The van der Waals surface area contributed by atoms with Gasteiger partial charge in [-0.3, -0.25) is 9.52 Å². The van der Waals surface area contributed by atoms with Crippen molar-refractivity contribution in [1.82, 2.24) is 9.21 Å². The van der Waals surface area contributed by atoms with Crippen LogP contribution in [0.1, 0.15) is 50.4 Å². The van der Waals surface area contributed by atoms with Crippen LogP contribution in [0.5, 0.6) is 5.75 Å². The standard InChI is InChI=1S/C29H43N3O8S2/c1-21-18-32(22(2)20-33)29(34)26-17-24(30-41(5,35)36)14-15-27(26)40-23(3)11-9-10-16-39-28(21)19-31(4)42(37,38)25-12-7-6-8-13-25/h6-8,12-15,17,21-23,28,30,33H,9-11,16,18-20H2,1-5H3/t21-,22-,23-,28+/m0/s1. The molecule has 1 amide bonds. The maximum Gasteiger partial charge on any atom is 0.258 e. The molecular formula is C29H43N3O8S2. The molecule has 0 fully saturated rings. The number of benzene rings is 2. The van der Waals surface area contributed by atoms with Gasteiger partial charge in [-0.05, 0) is 63.4 Å². The number of carbonyl (C=O) groups excluding carboxylic acids is 1.